The second kappa shape index (κ2) is 8.01. The van der Waals surface area contributed by atoms with E-state index in [1.165, 1.54) is 0 Å². The highest BCUT2D eigenvalue weighted by molar-refractivity contribution is 5.88. The van der Waals surface area contributed by atoms with Gasteiger partial charge in [-0.3, -0.25) is 9.69 Å². The molecule has 0 radical (unpaired) electrons. The van der Waals surface area contributed by atoms with Crippen molar-refractivity contribution in [1.82, 2.24) is 10.2 Å². The molecular formula is C14H24N2O4. The van der Waals surface area contributed by atoms with Crippen molar-refractivity contribution in [3.8, 4) is 0 Å². The number of hydrogen-bond acceptors (Lipinski definition) is 5. The van der Waals surface area contributed by atoms with Crippen LogP contribution in [-0.2, 0) is 19.1 Å². The number of esters is 1. The quantitative estimate of drug-likeness (QED) is 0.562. The molecule has 1 rings (SSSR count). The molecule has 0 aromatic rings. The lowest BCUT2D eigenvalue weighted by atomic mass is 10.1. The Kier molecular flexibility index (Phi) is 6.67. The molecule has 6 nitrogen and oxygen atoms in total. The fourth-order valence-corrected chi connectivity index (χ4v) is 1.99. The topological polar surface area (TPSA) is 67.9 Å². The van der Waals surface area contributed by atoms with Crippen molar-refractivity contribution in [2.24, 2.45) is 0 Å². The molecule has 114 valence electrons. The molecule has 1 fully saturated rings. The summed E-state index contributed by atoms with van der Waals surface area (Å²) in [6, 6.07) is -0.322. The number of rotatable bonds is 6. The first-order valence-electron chi connectivity index (χ1n) is 6.92. The fourth-order valence-electron chi connectivity index (χ4n) is 1.99. The zero-order chi connectivity index (χ0) is 15.1. The Labute approximate surface area is 120 Å². The first-order chi connectivity index (χ1) is 9.45. The molecule has 0 aliphatic carbocycles. The van der Waals surface area contributed by atoms with Gasteiger partial charge in [-0.25, -0.2) is 4.79 Å². The van der Waals surface area contributed by atoms with E-state index in [1.807, 2.05) is 18.7 Å². The Hall–Kier alpha value is -1.40. The van der Waals surface area contributed by atoms with Crippen molar-refractivity contribution < 1.29 is 19.1 Å². The van der Waals surface area contributed by atoms with E-state index in [0.29, 0.717) is 38.5 Å². The summed E-state index contributed by atoms with van der Waals surface area (Å²) in [5, 5.41) is 2.86. The minimum Gasteiger partial charge on any atom is -0.463 e. The van der Waals surface area contributed by atoms with Gasteiger partial charge in [-0.2, -0.15) is 0 Å². The largest absolute Gasteiger partial charge is 0.463 e. The first kappa shape index (κ1) is 16.7. The van der Waals surface area contributed by atoms with Gasteiger partial charge in [-0.1, -0.05) is 6.58 Å². The number of morpholine rings is 1. The summed E-state index contributed by atoms with van der Waals surface area (Å²) in [5.41, 5.74) is 0.357. The van der Waals surface area contributed by atoms with Gasteiger partial charge in [-0.05, 0) is 20.8 Å². The van der Waals surface area contributed by atoms with E-state index in [9.17, 15) is 9.59 Å². The van der Waals surface area contributed by atoms with Crippen LogP contribution >= 0.6 is 0 Å². The normalized spacial score (nSPS) is 19.7. The predicted octanol–water partition coefficient (Wildman–Crippen LogP) is 0.331. The van der Waals surface area contributed by atoms with Gasteiger partial charge < -0.3 is 14.8 Å². The van der Waals surface area contributed by atoms with Gasteiger partial charge in [0.05, 0.1) is 19.8 Å². The monoisotopic (exact) mass is 284 g/mol. The van der Waals surface area contributed by atoms with Crippen LogP contribution in [0.2, 0.25) is 0 Å². The van der Waals surface area contributed by atoms with Gasteiger partial charge in [0, 0.05) is 24.7 Å². The van der Waals surface area contributed by atoms with Crippen molar-refractivity contribution in [1.29, 1.82) is 0 Å². The maximum atomic E-state index is 12.1. The second-order valence-electron chi connectivity index (χ2n) is 5.05. The number of carbonyl (C=O) groups is 2. The summed E-state index contributed by atoms with van der Waals surface area (Å²) >= 11 is 0. The summed E-state index contributed by atoms with van der Waals surface area (Å²) in [6.07, 6.45) is 0. The van der Waals surface area contributed by atoms with Crippen molar-refractivity contribution >= 4 is 11.9 Å². The molecule has 1 aliphatic rings. The van der Waals surface area contributed by atoms with Crippen LogP contribution in [0.4, 0.5) is 0 Å². The molecule has 1 atom stereocenters. The molecule has 0 aromatic carbocycles. The summed E-state index contributed by atoms with van der Waals surface area (Å²) in [6.45, 7) is 11.4. The third-order valence-corrected chi connectivity index (χ3v) is 2.93. The molecule has 6 heteroatoms. The van der Waals surface area contributed by atoms with Gasteiger partial charge in [0.25, 0.3) is 0 Å². The lowest BCUT2D eigenvalue weighted by molar-refractivity contribution is -0.140. The minimum absolute atomic E-state index is 0.0690. The number of carbonyl (C=O) groups excluding carboxylic acids is 2. The molecular weight excluding hydrogens is 260 g/mol. The molecule has 0 bridgehead atoms. The number of ether oxygens (including phenoxy) is 2. The van der Waals surface area contributed by atoms with Crippen molar-refractivity contribution in [3.63, 3.8) is 0 Å². The van der Waals surface area contributed by atoms with Crippen LogP contribution in [0.15, 0.2) is 12.2 Å². The molecule has 20 heavy (non-hydrogen) atoms. The highest BCUT2D eigenvalue weighted by Crippen LogP contribution is 2.10. The molecule has 1 aliphatic heterocycles. The lowest BCUT2D eigenvalue weighted by Crippen LogP contribution is -2.55. The van der Waals surface area contributed by atoms with Crippen LogP contribution in [0.1, 0.15) is 20.8 Å². The van der Waals surface area contributed by atoms with Crippen LogP contribution in [0.25, 0.3) is 0 Å². The number of nitrogens with zero attached hydrogens (tertiary/aromatic N) is 1. The second-order valence-corrected chi connectivity index (χ2v) is 5.05. The standard InChI is InChI=1S/C14H24N2O4/c1-5-20-14(18)11(4)8-16-6-7-19-9-12(16)13(17)15-10(2)3/h10,12H,4-9H2,1-3H3,(H,15,17). The Morgan fingerprint density at radius 1 is 1.50 bits per heavy atom. The average molecular weight is 284 g/mol. The van der Waals surface area contributed by atoms with Crippen molar-refractivity contribution in [2.45, 2.75) is 32.9 Å². The van der Waals surface area contributed by atoms with Crippen LogP contribution in [-0.4, -0.2) is 61.8 Å². The SMILES string of the molecule is C=C(CN1CCOCC1C(=O)NC(C)C)C(=O)OCC. The number of nitrogens with one attached hydrogen (secondary N) is 1. The van der Waals surface area contributed by atoms with Gasteiger partial charge in [0.1, 0.15) is 6.04 Å². The van der Waals surface area contributed by atoms with E-state index in [0.717, 1.165) is 0 Å². The highest BCUT2D eigenvalue weighted by Gasteiger charge is 2.30. The van der Waals surface area contributed by atoms with Crippen LogP contribution < -0.4 is 5.32 Å². The number of amides is 1. The summed E-state index contributed by atoms with van der Waals surface area (Å²) in [4.78, 5) is 25.6. The zero-order valence-corrected chi connectivity index (χ0v) is 12.5. The first-order valence-corrected chi connectivity index (χ1v) is 6.92. The van der Waals surface area contributed by atoms with E-state index in [1.54, 1.807) is 6.92 Å². The lowest BCUT2D eigenvalue weighted by Gasteiger charge is -2.35. The Morgan fingerprint density at radius 3 is 2.80 bits per heavy atom. The summed E-state index contributed by atoms with van der Waals surface area (Å²) < 4.78 is 10.3. The van der Waals surface area contributed by atoms with Gasteiger partial charge in [-0.15, -0.1) is 0 Å². The maximum absolute atomic E-state index is 12.1. The predicted molar refractivity (Wildman–Crippen MR) is 75.2 cm³/mol. The maximum Gasteiger partial charge on any atom is 0.334 e. The Balaban J connectivity index is 2.62. The van der Waals surface area contributed by atoms with E-state index in [2.05, 4.69) is 11.9 Å². The molecule has 1 N–H and O–H groups in total. The van der Waals surface area contributed by atoms with Crippen LogP contribution in [0.5, 0.6) is 0 Å². The third kappa shape index (κ3) is 4.94. The van der Waals surface area contributed by atoms with Gasteiger partial charge >= 0.3 is 5.97 Å². The molecule has 1 saturated heterocycles. The molecule has 1 amide bonds. The van der Waals surface area contributed by atoms with E-state index in [-0.39, 0.29) is 11.9 Å². The van der Waals surface area contributed by atoms with Gasteiger partial charge in [0.2, 0.25) is 5.91 Å². The van der Waals surface area contributed by atoms with E-state index in [4.69, 9.17) is 9.47 Å². The minimum atomic E-state index is -0.415. The van der Waals surface area contributed by atoms with Crippen molar-refractivity contribution in [2.75, 3.05) is 32.9 Å². The van der Waals surface area contributed by atoms with Crippen molar-refractivity contribution in [3.05, 3.63) is 12.2 Å². The highest BCUT2D eigenvalue weighted by atomic mass is 16.5. The fraction of sp³-hybridized carbons (Fsp3) is 0.714. The molecule has 1 unspecified atom stereocenters. The molecule has 0 aromatic heterocycles. The number of hydrogen-bond donors (Lipinski definition) is 1. The zero-order valence-electron chi connectivity index (χ0n) is 12.5. The van der Waals surface area contributed by atoms with Crippen LogP contribution in [0.3, 0.4) is 0 Å². The molecule has 1 heterocycles. The summed E-state index contributed by atoms with van der Waals surface area (Å²) in [7, 11) is 0. The third-order valence-electron chi connectivity index (χ3n) is 2.93. The smallest absolute Gasteiger partial charge is 0.334 e. The average Bonchev–Trinajstić information content (AvgIpc) is 2.38. The van der Waals surface area contributed by atoms with Gasteiger partial charge in [0.15, 0.2) is 0 Å². The summed E-state index contributed by atoms with van der Waals surface area (Å²) in [5.74, 6) is -0.502. The van der Waals surface area contributed by atoms with Crippen LogP contribution in [0, 0.1) is 0 Å². The van der Waals surface area contributed by atoms with E-state index < -0.39 is 12.0 Å². The molecule has 0 saturated carbocycles. The Bertz CT molecular complexity index is 368. The molecule has 0 spiro atoms. The Morgan fingerprint density at radius 2 is 2.20 bits per heavy atom. The van der Waals surface area contributed by atoms with E-state index >= 15 is 0 Å².